The van der Waals surface area contributed by atoms with Gasteiger partial charge < -0.3 is 14.4 Å². The normalized spacial score (nSPS) is 9.44. The molecule has 0 radical (unpaired) electrons. The van der Waals surface area contributed by atoms with E-state index in [-0.39, 0.29) is 26.3 Å². The molecule has 0 aromatic heterocycles. The third kappa shape index (κ3) is 6.67. The maximum Gasteiger partial charge on any atom is 0.325 e. The summed E-state index contributed by atoms with van der Waals surface area (Å²) in [4.78, 5) is 35.1. The quantitative estimate of drug-likeness (QED) is 0.468. The van der Waals surface area contributed by atoms with Crippen LogP contribution in [-0.2, 0) is 23.9 Å². The molecule has 0 fully saturated rings. The summed E-state index contributed by atoms with van der Waals surface area (Å²) >= 11 is 0. The number of carbonyl (C=O) groups excluding carboxylic acids is 3. The van der Waals surface area contributed by atoms with Crippen molar-refractivity contribution in [1.29, 1.82) is 0 Å². The Hall–Kier alpha value is -1.85. The van der Waals surface area contributed by atoms with Crippen molar-refractivity contribution in [2.75, 3.05) is 26.3 Å². The number of hydrogen-bond acceptors (Lipinski definition) is 5. The van der Waals surface area contributed by atoms with Crippen molar-refractivity contribution < 1.29 is 23.9 Å². The Morgan fingerprint density at radius 3 is 2.11 bits per heavy atom. The molecule has 0 saturated carbocycles. The molecule has 0 unspecified atom stereocenters. The van der Waals surface area contributed by atoms with Crippen LogP contribution in [0.25, 0.3) is 0 Å². The molecule has 0 saturated heterocycles. The van der Waals surface area contributed by atoms with Crippen LogP contribution in [0, 0.1) is 0 Å². The highest BCUT2D eigenvalue weighted by atomic mass is 16.5. The van der Waals surface area contributed by atoms with Crippen molar-refractivity contribution in [2.24, 2.45) is 0 Å². The summed E-state index contributed by atoms with van der Waals surface area (Å²) in [6.07, 6.45) is 1.73. The predicted molar refractivity (Wildman–Crippen MR) is 64.7 cm³/mol. The lowest BCUT2D eigenvalue weighted by molar-refractivity contribution is -0.152. The van der Waals surface area contributed by atoms with Gasteiger partial charge in [-0.25, -0.2) is 0 Å². The highest BCUT2D eigenvalue weighted by molar-refractivity contribution is 5.92. The van der Waals surface area contributed by atoms with Crippen molar-refractivity contribution >= 4 is 17.8 Å². The number of hydrogen-bond donors (Lipinski definition) is 0. The molecule has 0 N–H and O–H groups in total. The number of rotatable bonds is 8. The second-order valence-electron chi connectivity index (χ2n) is 3.42. The van der Waals surface area contributed by atoms with Gasteiger partial charge in [0.25, 0.3) is 0 Å². The van der Waals surface area contributed by atoms with Crippen LogP contribution in [-0.4, -0.2) is 49.0 Å². The molecule has 0 bridgehead atoms. The van der Waals surface area contributed by atoms with Crippen molar-refractivity contribution in [1.82, 2.24) is 4.90 Å². The van der Waals surface area contributed by atoms with Gasteiger partial charge in [0.05, 0.1) is 13.2 Å². The molecule has 0 spiro atoms. The van der Waals surface area contributed by atoms with Gasteiger partial charge in [-0.3, -0.25) is 14.4 Å². The average Bonchev–Trinajstić information content (AvgIpc) is 2.34. The van der Waals surface area contributed by atoms with E-state index < -0.39 is 17.8 Å². The van der Waals surface area contributed by atoms with E-state index in [9.17, 15) is 14.4 Å². The Labute approximate surface area is 107 Å². The fourth-order valence-electron chi connectivity index (χ4n) is 1.12. The van der Waals surface area contributed by atoms with Gasteiger partial charge in [0, 0.05) is 0 Å². The van der Waals surface area contributed by atoms with Gasteiger partial charge in [0.2, 0.25) is 5.91 Å². The van der Waals surface area contributed by atoms with Crippen LogP contribution >= 0.6 is 0 Å². The summed E-state index contributed by atoms with van der Waals surface area (Å²) in [6, 6.07) is 0. The first-order valence-electron chi connectivity index (χ1n) is 5.77. The van der Waals surface area contributed by atoms with E-state index in [0.29, 0.717) is 6.42 Å². The zero-order valence-electron chi connectivity index (χ0n) is 10.8. The summed E-state index contributed by atoms with van der Waals surface area (Å²) in [5.74, 6) is -1.65. The number of nitrogens with zero attached hydrogens (tertiary/aromatic N) is 1. The summed E-state index contributed by atoms with van der Waals surface area (Å²) in [7, 11) is 0. The first kappa shape index (κ1) is 16.1. The topological polar surface area (TPSA) is 72.9 Å². The maximum absolute atomic E-state index is 11.5. The Bertz CT molecular complexity index is 314. The molecule has 0 aromatic carbocycles. The largest absolute Gasteiger partial charge is 0.465 e. The van der Waals surface area contributed by atoms with Gasteiger partial charge in [-0.15, -0.1) is 0 Å². The zero-order chi connectivity index (χ0) is 14.0. The predicted octanol–water partition coefficient (Wildman–Crippen LogP) is 0.517. The highest BCUT2D eigenvalue weighted by Crippen LogP contribution is 1.95. The molecule has 0 aliphatic carbocycles. The SMILES string of the molecule is C=CC(=O)N(CC(=O)OCC)CC(=O)OCCC. The number of ether oxygens (including phenoxy) is 2. The molecule has 0 aromatic rings. The van der Waals surface area contributed by atoms with E-state index in [1.54, 1.807) is 6.92 Å². The molecule has 0 rings (SSSR count). The molecule has 102 valence electrons. The first-order chi connectivity index (χ1) is 8.54. The first-order valence-corrected chi connectivity index (χ1v) is 5.77. The second kappa shape index (κ2) is 9.21. The smallest absolute Gasteiger partial charge is 0.325 e. The van der Waals surface area contributed by atoms with Gasteiger partial charge in [-0.2, -0.15) is 0 Å². The van der Waals surface area contributed by atoms with Gasteiger partial charge in [-0.1, -0.05) is 13.5 Å². The van der Waals surface area contributed by atoms with Gasteiger partial charge >= 0.3 is 11.9 Å². The number of amides is 1. The van der Waals surface area contributed by atoms with Crippen molar-refractivity contribution in [3.63, 3.8) is 0 Å². The standard InChI is InChI=1S/C12H19NO5/c1-4-7-18-12(16)9-13(10(14)5-2)8-11(15)17-6-3/h5H,2,4,6-9H2,1,3H3. The highest BCUT2D eigenvalue weighted by Gasteiger charge is 2.19. The fraction of sp³-hybridized carbons (Fsp3) is 0.583. The van der Waals surface area contributed by atoms with Crippen molar-refractivity contribution in [3.8, 4) is 0 Å². The van der Waals surface area contributed by atoms with E-state index in [0.717, 1.165) is 11.0 Å². The molecule has 1 amide bonds. The molecule has 0 atom stereocenters. The van der Waals surface area contributed by atoms with Crippen molar-refractivity contribution in [2.45, 2.75) is 20.3 Å². The summed E-state index contributed by atoms with van der Waals surface area (Å²) < 4.78 is 9.55. The second-order valence-corrected chi connectivity index (χ2v) is 3.42. The van der Waals surface area contributed by atoms with Crippen LogP contribution < -0.4 is 0 Å². The Morgan fingerprint density at radius 2 is 1.67 bits per heavy atom. The summed E-state index contributed by atoms with van der Waals surface area (Å²) in [5, 5.41) is 0. The molecular formula is C12H19NO5. The Balaban J connectivity index is 4.40. The van der Waals surface area contributed by atoms with E-state index in [2.05, 4.69) is 6.58 Å². The van der Waals surface area contributed by atoms with Crippen molar-refractivity contribution in [3.05, 3.63) is 12.7 Å². The Kier molecular flexibility index (Phi) is 8.26. The summed E-state index contributed by atoms with van der Waals surface area (Å²) in [5.41, 5.74) is 0. The third-order valence-electron chi connectivity index (χ3n) is 1.90. The zero-order valence-corrected chi connectivity index (χ0v) is 10.8. The fourth-order valence-corrected chi connectivity index (χ4v) is 1.12. The monoisotopic (exact) mass is 257 g/mol. The molecular weight excluding hydrogens is 238 g/mol. The van der Waals surface area contributed by atoms with Gasteiger partial charge in [0.1, 0.15) is 13.1 Å². The minimum atomic E-state index is -0.573. The van der Waals surface area contributed by atoms with Gasteiger partial charge in [-0.05, 0) is 19.4 Å². The lowest BCUT2D eigenvalue weighted by Crippen LogP contribution is -2.39. The van der Waals surface area contributed by atoms with Crippen LogP contribution in [0.5, 0.6) is 0 Å². The molecule has 6 nitrogen and oxygen atoms in total. The molecule has 0 aliphatic rings. The number of esters is 2. The third-order valence-corrected chi connectivity index (χ3v) is 1.90. The summed E-state index contributed by atoms with van der Waals surface area (Å²) in [6.45, 7) is 6.75. The van der Waals surface area contributed by atoms with Crippen LogP contribution in [0.2, 0.25) is 0 Å². The number of carbonyl (C=O) groups is 3. The van der Waals surface area contributed by atoms with Crippen LogP contribution in [0.1, 0.15) is 20.3 Å². The average molecular weight is 257 g/mol. The minimum Gasteiger partial charge on any atom is -0.465 e. The lowest BCUT2D eigenvalue weighted by Gasteiger charge is -2.18. The molecule has 18 heavy (non-hydrogen) atoms. The maximum atomic E-state index is 11.5. The molecule has 6 heteroatoms. The van der Waals surface area contributed by atoms with E-state index >= 15 is 0 Å². The van der Waals surface area contributed by atoms with Crippen LogP contribution in [0.4, 0.5) is 0 Å². The minimum absolute atomic E-state index is 0.217. The Morgan fingerprint density at radius 1 is 1.11 bits per heavy atom. The molecule has 0 heterocycles. The van der Waals surface area contributed by atoms with Gasteiger partial charge in [0.15, 0.2) is 0 Å². The van der Waals surface area contributed by atoms with Crippen LogP contribution in [0.3, 0.4) is 0 Å². The van der Waals surface area contributed by atoms with Crippen LogP contribution in [0.15, 0.2) is 12.7 Å². The lowest BCUT2D eigenvalue weighted by atomic mass is 10.4. The van der Waals surface area contributed by atoms with E-state index in [4.69, 9.17) is 9.47 Å². The molecule has 0 aliphatic heterocycles. The van der Waals surface area contributed by atoms with E-state index in [1.807, 2.05) is 6.92 Å². The van der Waals surface area contributed by atoms with E-state index in [1.165, 1.54) is 0 Å².